The summed E-state index contributed by atoms with van der Waals surface area (Å²) in [5, 5.41) is 14.5. The molecule has 5 heteroatoms. The summed E-state index contributed by atoms with van der Waals surface area (Å²) in [5.74, 6) is 0. The monoisotopic (exact) mass is 253 g/mol. The highest BCUT2D eigenvalue weighted by Gasteiger charge is 2.29. The topological polar surface area (TPSA) is 50.5 Å². The lowest BCUT2D eigenvalue weighted by Crippen LogP contribution is -2.47. The molecule has 2 rings (SSSR count). The third kappa shape index (κ3) is 2.91. The minimum Gasteiger partial charge on any atom is -0.386 e. The molecule has 2 heterocycles. The van der Waals surface area contributed by atoms with Gasteiger partial charge in [0, 0.05) is 37.4 Å². The molecule has 0 aliphatic carbocycles. The molecule has 18 heavy (non-hydrogen) atoms. The molecule has 2 atom stereocenters. The number of aliphatic hydroxyl groups is 1. The van der Waals surface area contributed by atoms with Crippen LogP contribution < -0.4 is 0 Å². The van der Waals surface area contributed by atoms with Gasteiger partial charge in [-0.1, -0.05) is 0 Å². The molecule has 0 bridgehead atoms. The van der Waals surface area contributed by atoms with E-state index in [0.717, 1.165) is 25.2 Å². The van der Waals surface area contributed by atoms with E-state index in [9.17, 15) is 5.11 Å². The molecule has 0 radical (unpaired) electrons. The van der Waals surface area contributed by atoms with Gasteiger partial charge in [0.2, 0.25) is 0 Å². The maximum Gasteiger partial charge on any atom is 0.109 e. The summed E-state index contributed by atoms with van der Waals surface area (Å²) < 4.78 is 7.51. The zero-order chi connectivity index (χ0) is 13.1. The van der Waals surface area contributed by atoms with Crippen LogP contribution in [0.15, 0.2) is 12.4 Å². The van der Waals surface area contributed by atoms with Gasteiger partial charge >= 0.3 is 0 Å². The molecule has 0 amide bonds. The molecule has 0 saturated carbocycles. The summed E-state index contributed by atoms with van der Waals surface area (Å²) in [6.07, 6.45) is 2.87. The van der Waals surface area contributed by atoms with Gasteiger partial charge in [-0.3, -0.25) is 9.58 Å². The molecule has 0 aromatic carbocycles. The average molecular weight is 253 g/mol. The molecule has 1 aromatic rings. The first kappa shape index (κ1) is 13.5. The quantitative estimate of drug-likeness (QED) is 0.871. The fraction of sp³-hybridized carbons (Fsp3) is 0.769. The first-order valence-electron chi connectivity index (χ1n) is 6.68. The zero-order valence-electron chi connectivity index (χ0n) is 11.4. The van der Waals surface area contributed by atoms with E-state index in [4.69, 9.17) is 4.74 Å². The van der Waals surface area contributed by atoms with Crippen LogP contribution in [0.1, 0.15) is 32.4 Å². The molecule has 1 N–H and O–H groups in total. The van der Waals surface area contributed by atoms with E-state index < -0.39 is 6.10 Å². The Balaban J connectivity index is 2.01. The van der Waals surface area contributed by atoms with Gasteiger partial charge in [0.1, 0.15) is 12.2 Å². The zero-order valence-corrected chi connectivity index (χ0v) is 11.4. The van der Waals surface area contributed by atoms with E-state index in [1.807, 2.05) is 17.8 Å². The summed E-state index contributed by atoms with van der Waals surface area (Å²) in [4.78, 5) is 2.33. The van der Waals surface area contributed by atoms with E-state index in [-0.39, 0.29) is 6.10 Å². The highest BCUT2D eigenvalue weighted by Crippen LogP contribution is 2.22. The fourth-order valence-electron chi connectivity index (χ4n) is 2.28. The van der Waals surface area contributed by atoms with Gasteiger partial charge in [0.25, 0.3) is 0 Å². The van der Waals surface area contributed by atoms with Crippen LogP contribution in [0, 0.1) is 0 Å². The fourth-order valence-corrected chi connectivity index (χ4v) is 2.28. The van der Waals surface area contributed by atoms with Crippen molar-refractivity contribution in [1.29, 1.82) is 0 Å². The number of ether oxygens (including phenoxy) is 1. The molecule has 5 nitrogen and oxygen atoms in total. The third-order valence-electron chi connectivity index (χ3n) is 3.53. The van der Waals surface area contributed by atoms with Crippen molar-refractivity contribution < 1.29 is 9.84 Å². The second-order valence-electron chi connectivity index (χ2n) is 5.07. The van der Waals surface area contributed by atoms with Crippen molar-refractivity contribution in [3.05, 3.63) is 18.0 Å². The van der Waals surface area contributed by atoms with Crippen LogP contribution in [0.2, 0.25) is 0 Å². The van der Waals surface area contributed by atoms with Gasteiger partial charge in [0.15, 0.2) is 0 Å². The Morgan fingerprint density at radius 2 is 2.33 bits per heavy atom. The first-order chi connectivity index (χ1) is 8.61. The minimum atomic E-state index is -0.591. The molecule has 1 aliphatic rings. The standard InChI is InChI=1S/C13H23N3O2/c1-4-16-8-11(7-14-16)13(17)12-9-15(10(2)3)5-6-18-12/h7-8,10,12-13,17H,4-6,9H2,1-3H3. The van der Waals surface area contributed by atoms with Crippen molar-refractivity contribution in [2.75, 3.05) is 19.7 Å². The van der Waals surface area contributed by atoms with Gasteiger partial charge in [-0.25, -0.2) is 0 Å². The van der Waals surface area contributed by atoms with Gasteiger partial charge < -0.3 is 9.84 Å². The SMILES string of the molecule is CCn1cc(C(O)C2CN(C(C)C)CCO2)cn1. The van der Waals surface area contributed by atoms with Crippen LogP contribution in [0.25, 0.3) is 0 Å². The molecular formula is C13H23N3O2. The van der Waals surface area contributed by atoms with Crippen molar-refractivity contribution >= 4 is 0 Å². The Bertz CT molecular complexity index is 378. The number of aromatic nitrogens is 2. The molecule has 2 unspecified atom stereocenters. The van der Waals surface area contributed by atoms with E-state index in [0.29, 0.717) is 12.6 Å². The highest BCUT2D eigenvalue weighted by atomic mass is 16.5. The molecule has 0 spiro atoms. The van der Waals surface area contributed by atoms with E-state index in [1.165, 1.54) is 0 Å². The number of aliphatic hydroxyl groups excluding tert-OH is 1. The minimum absolute atomic E-state index is 0.157. The lowest BCUT2D eigenvalue weighted by atomic mass is 10.1. The lowest BCUT2D eigenvalue weighted by molar-refractivity contribution is -0.0961. The van der Waals surface area contributed by atoms with Gasteiger partial charge in [0.05, 0.1) is 12.8 Å². The summed E-state index contributed by atoms with van der Waals surface area (Å²) in [6.45, 7) is 9.58. The predicted molar refractivity (Wildman–Crippen MR) is 69.3 cm³/mol. The average Bonchev–Trinajstić information content (AvgIpc) is 2.86. The van der Waals surface area contributed by atoms with Crippen LogP contribution >= 0.6 is 0 Å². The van der Waals surface area contributed by atoms with Crippen LogP contribution in [0.5, 0.6) is 0 Å². The molecule has 1 fully saturated rings. The second kappa shape index (κ2) is 5.82. The van der Waals surface area contributed by atoms with E-state index >= 15 is 0 Å². The van der Waals surface area contributed by atoms with Gasteiger partial charge in [-0.15, -0.1) is 0 Å². The molecular weight excluding hydrogens is 230 g/mol. The van der Waals surface area contributed by atoms with Crippen LogP contribution in [-0.2, 0) is 11.3 Å². The van der Waals surface area contributed by atoms with Crippen LogP contribution in [0.3, 0.4) is 0 Å². The smallest absolute Gasteiger partial charge is 0.109 e. The Kier molecular flexibility index (Phi) is 4.37. The van der Waals surface area contributed by atoms with Crippen molar-refractivity contribution in [2.24, 2.45) is 0 Å². The summed E-state index contributed by atoms with van der Waals surface area (Å²) in [6, 6.07) is 0.488. The maximum absolute atomic E-state index is 10.3. The van der Waals surface area contributed by atoms with E-state index in [2.05, 4.69) is 23.8 Å². The number of hydrogen-bond acceptors (Lipinski definition) is 4. The molecule has 1 aliphatic heterocycles. The van der Waals surface area contributed by atoms with Crippen LogP contribution in [-0.4, -0.2) is 51.6 Å². The molecule has 1 saturated heterocycles. The van der Waals surface area contributed by atoms with E-state index in [1.54, 1.807) is 6.20 Å². The van der Waals surface area contributed by atoms with Crippen molar-refractivity contribution in [3.63, 3.8) is 0 Å². The van der Waals surface area contributed by atoms with Crippen molar-refractivity contribution in [1.82, 2.24) is 14.7 Å². The van der Waals surface area contributed by atoms with Gasteiger partial charge in [-0.2, -0.15) is 5.10 Å². The Hall–Kier alpha value is -0.910. The van der Waals surface area contributed by atoms with Crippen LogP contribution in [0.4, 0.5) is 0 Å². The normalized spacial score (nSPS) is 23.5. The second-order valence-corrected chi connectivity index (χ2v) is 5.07. The number of rotatable bonds is 4. The first-order valence-corrected chi connectivity index (χ1v) is 6.68. The lowest BCUT2D eigenvalue weighted by Gasteiger charge is -2.37. The summed E-state index contributed by atoms with van der Waals surface area (Å²) in [5.41, 5.74) is 0.840. The summed E-state index contributed by atoms with van der Waals surface area (Å²) in [7, 11) is 0. The number of hydrogen-bond donors (Lipinski definition) is 1. The van der Waals surface area contributed by atoms with Gasteiger partial charge in [-0.05, 0) is 20.8 Å². The number of morpholine rings is 1. The summed E-state index contributed by atoms with van der Waals surface area (Å²) >= 11 is 0. The third-order valence-corrected chi connectivity index (χ3v) is 3.53. The molecule has 102 valence electrons. The van der Waals surface area contributed by atoms with Crippen molar-refractivity contribution in [2.45, 2.75) is 45.6 Å². The number of nitrogens with zero attached hydrogens (tertiary/aromatic N) is 3. The number of aryl methyl sites for hydroxylation is 1. The Morgan fingerprint density at radius 3 is 2.94 bits per heavy atom. The largest absolute Gasteiger partial charge is 0.386 e. The highest BCUT2D eigenvalue weighted by molar-refractivity contribution is 5.10. The molecule has 1 aromatic heterocycles. The predicted octanol–water partition coefficient (Wildman–Crippen LogP) is 1.05. The Labute approximate surface area is 108 Å². The van der Waals surface area contributed by atoms with Crippen molar-refractivity contribution in [3.8, 4) is 0 Å². The maximum atomic E-state index is 10.3. The Morgan fingerprint density at radius 1 is 1.56 bits per heavy atom.